The van der Waals surface area contributed by atoms with Crippen LogP contribution in [0.25, 0.3) is 61.7 Å². The molecule has 25 heteroatoms. The smallest absolute Gasteiger partial charge is 0.453 e. The minimum Gasteiger partial charge on any atom is -0.755 e. The highest BCUT2D eigenvalue weighted by Gasteiger charge is 2.41. The Labute approximate surface area is 439 Å². The number of halogens is 6. The largest absolute Gasteiger partial charge is 0.755 e. The zero-order valence-electron chi connectivity index (χ0n) is 40.3. The summed E-state index contributed by atoms with van der Waals surface area (Å²) in [7, 11) is -7.76. The van der Waals surface area contributed by atoms with E-state index in [9.17, 15) is 56.7 Å². The molecular weight excluding hydrogens is 1080 g/mol. The lowest BCUT2D eigenvalue weighted by atomic mass is 9.99. The number of aryl methyl sites for hydroxylation is 2. The van der Waals surface area contributed by atoms with Crippen molar-refractivity contribution in [2.45, 2.75) is 49.3 Å². The second kappa shape index (κ2) is 23.3. The number of rotatable bonds is 12. The molecule has 1 unspecified atom stereocenters. The number of primary sulfonamides is 1. The standard InChI is InChI=1S/C19H18N2O4S.C17H14F3N3O2S.C16H11F3N2O3S/c1-3-17(22)21-26(23,24)16-11-9-14(10-12-16)18-13(2)25-20-19(18)15-7-5-4-6-8-15;1-11-2-4-12(5-3-11)15-10-16(17(18,19)20)22-23(15)13-6-8-14(9-7-13)26(21,24)25;17-16(18,19)15-13(10-6-8-12(9-7-10)21-25(22)23)14(20-24-15)11-4-2-1-3-5-11/h4-12H,3H2,1-2H3,(H,21,22);2-10H,1H3,(H2,21,24,25);1-9,21H,(H,22,23)/p-1. The molecule has 1 atom stereocenters. The summed E-state index contributed by atoms with van der Waals surface area (Å²) >= 11 is -2.52. The summed E-state index contributed by atoms with van der Waals surface area (Å²) in [4.78, 5) is 11.3. The van der Waals surface area contributed by atoms with Gasteiger partial charge in [0, 0.05) is 40.1 Å². The molecule has 0 radical (unpaired) electrons. The van der Waals surface area contributed by atoms with Crippen LogP contribution in [0.2, 0.25) is 0 Å². The number of carbonyl (C=O) groups excluding carboxylic acids is 1. The number of nitrogens with zero attached hydrogens (tertiary/aromatic N) is 4. The lowest BCUT2D eigenvalue weighted by Gasteiger charge is -2.10. The molecule has 4 N–H and O–H groups in total. The van der Waals surface area contributed by atoms with Gasteiger partial charge in [-0.25, -0.2) is 31.4 Å². The summed E-state index contributed by atoms with van der Waals surface area (Å²) in [6.45, 7) is 5.27. The van der Waals surface area contributed by atoms with Gasteiger partial charge in [0.25, 0.3) is 10.0 Å². The van der Waals surface area contributed by atoms with Crippen molar-refractivity contribution in [1.29, 1.82) is 0 Å². The van der Waals surface area contributed by atoms with Crippen LogP contribution in [-0.4, -0.2) is 51.6 Å². The van der Waals surface area contributed by atoms with E-state index >= 15 is 0 Å². The molecule has 77 heavy (non-hydrogen) atoms. The quantitative estimate of drug-likeness (QED) is 0.0764. The zero-order chi connectivity index (χ0) is 55.9. The van der Waals surface area contributed by atoms with Crippen LogP contribution < -0.4 is 14.6 Å². The van der Waals surface area contributed by atoms with Crippen molar-refractivity contribution in [2.75, 3.05) is 4.72 Å². The number of carbonyl (C=O) groups is 1. The molecular formula is C52H42F6N7O9S3-. The number of benzene rings is 6. The van der Waals surface area contributed by atoms with Gasteiger partial charge >= 0.3 is 12.4 Å². The number of hydrogen-bond acceptors (Lipinski definition) is 12. The second-order valence-electron chi connectivity index (χ2n) is 16.5. The molecule has 0 aliphatic carbocycles. The minimum absolute atomic E-state index is 0.0263. The Morgan fingerprint density at radius 2 is 1.14 bits per heavy atom. The average Bonchev–Trinajstić information content (AvgIpc) is 4.18. The molecule has 0 saturated heterocycles. The highest BCUT2D eigenvalue weighted by Crippen LogP contribution is 2.43. The van der Waals surface area contributed by atoms with Crippen molar-refractivity contribution in [1.82, 2.24) is 24.8 Å². The van der Waals surface area contributed by atoms with Gasteiger partial charge in [-0.3, -0.25) is 9.00 Å². The Balaban J connectivity index is 0.000000168. The molecule has 9 aromatic rings. The van der Waals surface area contributed by atoms with Crippen LogP contribution in [-0.2, 0) is 48.5 Å². The predicted molar refractivity (Wildman–Crippen MR) is 273 cm³/mol. The number of sulfonamides is 2. The fourth-order valence-electron chi connectivity index (χ4n) is 7.36. The Hall–Kier alpha value is -8.23. The Morgan fingerprint density at radius 3 is 1.65 bits per heavy atom. The molecule has 0 fully saturated rings. The van der Waals surface area contributed by atoms with Gasteiger partial charge in [-0.2, -0.15) is 31.4 Å². The van der Waals surface area contributed by atoms with Gasteiger partial charge in [-0.1, -0.05) is 132 Å². The fraction of sp³-hybridized carbons (Fsp3) is 0.115. The molecule has 0 spiro atoms. The molecule has 3 heterocycles. The maximum absolute atomic E-state index is 13.3. The van der Waals surface area contributed by atoms with E-state index in [2.05, 4.69) is 24.7 Å². The van der Waals surface area contributed by atoms with Crippen LogP contribution in [0.3, 0.4) is 0 Å². The molecule has 6 aromatic carbocycles. The van der Waals surface area contributed by atoms with Crippen molar-refractivity contribution in [3.63, 3.8) is 0 Å². The Morgan fingerprint density at radius 1 is 0.649 bits per heavy atom. The first-order chi connectivity index (χ1) is 36.3. The molecule has 0 saturated carbocycles. The van der Waals surface area contributed by atoms with Crippen LogP contribution in [0.15, 0.2) is 183 Å². The minimum atomic E-state index is -4.72. The van der Waals surface area contributed by atoms with E-state index in [1.807, 2.05) is 42.0 Å². The summed E-state index contributed by atoms with van der Waals surface area (Å²) in [5, 5.41) is 16.4. The van der Waals surface area contributed by atoms with E-state index in [0.717, 1.165) is 33.0 Å². The van der Waals surface area contributed by atoms with Crippen molar-refractivity contribution in [3.05, 3.63) is 187 Å². The Kier molecular flexibility index (Phi) is 17.1. The van der Waals surface area contributed by atoms with Crippen LogP contribution >= 0.6 is 0 Å². The maximum atomic E-state index is 13.3. The SMILES string of the molecule is CCC(=O)NS(=O)(=O)c1ccc(-c2c(-c3ccccc3)noc2C)cc1.Cc1ccc(-c2cc(C(F)(F)F)nn2-c2ccc(S(N)(=O)=O)cc2)cc1.O=S([O-])Nc1ccc(-c2c(-c3ccccc3)noc2C(F)(F)F)cc1. The number of nitrogens with two attached hydrogens (primary N) is 1. The highest BCUT2D eigenvalue weighted by molar-refractivity contribution is 7.90. The molecule has 0 aliphatic heterocycles. The molecule has 0 bridgehead atoms. The molecule has 3 aromatic heterocycles. The number of amides is 1. The lowest BCUT2D eigenvalue weighted by molar-refractivity contribution is -0.155. The average molecular weight is 1120 g/mol. The number of alkyl halides is 6. The van der Waals surface area contributed by atoms with Gasteiger partial charge in [0.2, 0.25) is 21.7 Å². The van der Waals surface area contributed by atoms with Crippen molar-refractivity contribution in [2.24, 2.45) is 5.14 Å². The zero-order valence-corrected chi connectivity index (χ0v) is 42.8. The van der Waals surface area contributed by atoms with Gasteiger partial charge in [0.05, 0.1) is 32.3 Å². The van der Waals surface area contributed by atoms with Gasteiger partial charge in [0.1, 0.15) is 17.1 Å². The third-order valence-electron chi connectivity index (χ3n) is 11.1. The lowest BCUT2D eigenvalue weighted by Crippen LogP contribution is -2.29. The molecule has 0 aliphatic rings. The van der Waals surface area contributed by atoms with E-state index in [-0.39, 0.29) is 50.1 Å². The van der Waals surface area contributed by atoms with Crippen molar-refractivity contribution in [3.8, 4) is 61.7 Å². The van der Waals surface area contributed by atoms with Crippen molar-refractivity contribution < 1.29 is 65.8 Å². The first kappa shape index (κ1) is 56.5. The van der Waals surface area contributed by atoms with E-state index < -0.39 is 61.0 Å². The van der Waals surface area contributed by atoms with E-state index in [4.69, 9.17) is 9.66 Å². The maximum Gasteiger partial charge on any atom is 0.453 e. The third-order valence-corrected chi connectivity index (χ3v) is 13.8. The second-order valence-corrected chi connectivity index (χ2v) is 20.4. The summed E-state index contributed by atoms with van der Waals surface area (Å²) in [5.41, 5.74) is 4.94. The van der Waals surface area contributed by atoms with Gasteiger partial charge < -0.3 is 18.3 Å². The summed E-state index contributed by atoms with van der Waals surface area (Å²) in [5.74, 6) is -1.12. The summed E-state index contributed by atoms with van der Waals surface area (Å²) in [6.07, 6.45) is -9.23. The molecule has 400 valence electrons. The van der Waals surface area contributed by atoms with Crippen LogP contribution in [0.5, 0.6) is 0 Å². The number of nitrogens with one attached hydrogen (secondary N) is 2. The number of aromatic nitrogens is 4. The molecule has 1 amide bonds. The first-order valence-electron chi connectivity index (χ1n) is 22.5. The van der Waals surface area contributed by atoms with Gasteiger partial charge in [0.15, 0.2) is 5.69 Å². The monoisotopic (exact) mass is 1120 g/mol. The molecule has 9 rings (SSSR count). The number of hydrogen-bond donors (Lipinski definition) is 3. The van der Waals surface area contributed by atoms with Crippen LogP contribution in [0.4, 0.5) is 32.0 Å². The van der Waals surface area contributed by atoms with Crippen LogP contribution in [0, 0.1) is 13.8 Å². The fourth-order valence-corrected chi connectivity index (χ4v) is 9.26. The summed E-state index contributed by atoms with van der Waals surface area (Å²) < 4.78 is 163. The molecule has 16 nitrogen and oxygen atoms in total. The van der Waals surface area contributed by atoms with Gasteiger partial charge in [-0.15, -0.1) is 0 Å². The van der Waals surface area contributed by atoms with E-state index in [1.54, 1.807) is 80.6 Å². The number of anilines is 1. The topological polar surface area (TPSA) is 245 Å². The van der Waals surface area contributed by atoms with Crippen molar-refractivity contribution >= 4 is 42.9 Å². The van der Waals surface area contributed by atoms with Crippen LogP contribution in [0.1, 0.15) is 36.1 Å². The van der Waals surface area contributed by atoms with E-state index in [1.165, 1.54) is 60.7 Å². The van der Waals surface area contributed by atoms with E-state index in [0.29, 0.717) is 22.6 Å². The normalized spacial score (nSPS) is 12.1. The predicted octanol–water partition coefficient (Wildman–Crippen LogP) is 11.3. The first-order valence-corrected chi connectivity index (χ1v) is 26.6. The Bertz CT molecular complexity index is 3740. The summed E-state index contributed by atoms with van der Waals surface area (Å²) in [6, 6.07) is 42.7. The third kappa shape index (κ3) is 14.0. The highest BCUT2D eigenvalue weighted by atomic mass is 32.2. The van der Waals surface area contributed by atoms with Gasteiger partial charge in [-0.05, 0) is 79.6 Å².